The van der Waals surface area contributed by atoms with Crippen LogP contribution in [0.1, 0.15) is 71.6 Å². The number of carboxylic acids is 1. The highest BCUT2D eigenvalue weighted by Crippen LogP contribution is 2.41. The van der Waals surface area contributed by atoms with Crippen LogP contribution in [0.3, 0.4) is 0 Å². The molecule has 2 fully saturated rings. The fourth-order valence-electron chi connectivity index (χ4n) is 4.39. The van der Waals surface area contributed by atoms with Gasteiger partial charge in [-0.25, -0.2) is 9.59 Å². The van der Waals surface area contributed by atoms with Crippen molar-refractivity contribution in [1.82, 2.24) is 5.32 Å². The minimum absolute atomic E-state index is 0.0319. The van der Waals surface area contributed by atoms with Gasteiger partial charge in [0.25, 0.3) is 0 Å². The molecular weight excluding hydrogens is 306 g/mol. The fourth-order valence-corrected chi connectivity index (χ4v) is 4.39. The van der Waals surface area contributed by atoms with Crippen molar-refractivity contribution in [1.29, 1.82) is 0 Å². The first-order chi connectivity index (χ1) is 11.3. The quantitative estimate of drug-likeness (QED) is 0.680. The second-order valence-electron chi connectivity index (χ2n) is 7.77. The van der Waals surface area contributed by atoms with Gasteiger partial charge in [-0.2, -0.15) is 0 Å². The zero-order valence-electron chi connectivity index (χ0n) is 15.0. The van der Waals surface area contributed by atoms with Gasteiger partial charge in [0.2, 0.25) is 0 Å². The number of amides is 1. The van der Waals surface area contributed by atoms with Gasteiger partial charge in [-0.1, -0.05) is 18.9 Å². The first kappa shape index (κ1) is 18.8. The number of carbonyl (C=O) groups excluding carboxylic acids is 1. The summed E-state index contributed by atoms with van der Waals surface area (Å²) in [5.41, 5.74) is -1.76. The lowest BCUT2D eigenvalue weighted by Gasteiger charge is -2.36. The second-order valence-corrected chi connectivity index (χ2v) is 7.77. The molecule has 5 nitrogen and oxygen atoms in total. The van der Waals surface area contributed by atoms with Gasteiger partial charge in [-0.15, -0.1) is 6.58 Å². The molecule has 0 radical (unpaired) electrons. The van der Waals surface area contributed by atoms with Crippen LogP contribution in [0.25, 0.3) is 0 Å². The zero-order valence-corrected chi connectivity index (χ0v) is 15.0. The van der Waals surface area contributed by atoms with Crippen molar-refractivity contribution < 1.29 is 19.4 Å². The van der Waals surface area contributed by atoms with E-state index in [2.05, 4.69) is 11.9 Å². The average Bonchev–Trinajstić information content (AvgIpc) is 3.15. The molecule has 0 aromatic carbocycles. The van der Waals surface area contributed by atoms with Gasteiger partial charge in [-0.05, 0) is 70.6 Å². The predicted molar refractivity (Wildman–Crippen MR) is 92.8 cm³/mol. The summed E-state index contributed by atoms with van der Waals surface area (Å²) in [6, 6.07) is 0. The minimum atomic E-state index is -1.25. The predicted octanol–water partition coefficient (Wildman–Crippen LogP) is 4.27. The second kappa shape index (κ2) is 7.58. The number of hydrogen-bond donors (Lipinski definition) is 2. The number of carbonyl (C=O) groups is 2. The summed E-state index contributed by atoms with van der Waals surface area (Å²) in [7, 11) is 0. The van der Waals surface area contributed by atoms with E-state index in [1.807, 2.05) is 13.0 Å². The van der Waals surface area contributed by atoms with Crippen LogP contribution in [0.5, 0.6) is 0 Å². The third-order valence-corrected chi connectivity index (χ3v) is 6.11. The Morgan fingerprint density at radius 2 is 2.00 bits per heavy atom. The highest BCUT2D eigenvalue weighted by atomic mass is 16.6. The molecule has 0 bridgehead atoms. The Morgan fingerprint density at radius 3 is 2.58 bits per heavy atom. The molecule has 2 saturated carbocycles. The number of nitrogens with one attached hydrogen (secondary N) is 1. The van der Waals surface area contributed by atoms with E-state index >= 15 is 0 Å². The topological polar surface area (TPSA) is 75.6 Å². The molecule has 0 unspecified atom stereocenters. The lowest BCUT2D eigenvalue weighted by Crippen LogP contribution is -2.58. The van der Waals surface area contributed by atoms with Crippen LogP contribution >= 0.6 is 0 Å². The minimum Gasteiger partial charge on any atom is -0.480 e. The van der Waals surface area contributed by atoms with Crippen LogP contribution < -0.4 is 5.32 Å². The number of carboxylic acid groups (broad SMARTS) is 1. The van der Waals surface area contributed by atoms with E-state index in [1.165, 1.54) is 0 Å². The number of ether oxygens (including phenoxy) is 1. The van der Waals surface area contributed by atoms with Crippen molar-refractivity contribution in [2.45, 2.75) is 82.8 Å². The molecule has 2 N–H and O–H groups in total. The number of alkyl carbamates (subject to hydrolysis) is 1. The maximum atomic E-state index is 12.5. The fraction of sp³-hybridized carbons (Fsp3) is 0.789. The first-order valence-corrected chi connectivity index (χ1v) is 9.17. The van der Waals surface area contributed by atoms with E-state index in [0.29, 0.717) is 5.92 Å². The summed E-state index contributed by atoms with van der Waals surface area (Å²) in [5.74, 6) is -0.703. The van der Waals surface area contributed by atoms with E-state index < -0.39 is 23.2 Å². The lowest BCUT2D eigenvalue weighted by atomic mass is 9.84. The molecule has 5 heteroatoms. The third kappa shape index (κ3) is 3.93. The number of aliphatic carboxylic acids is 1. The third-order valence-electron chi connectivity index (χ3n) is 6.11. The van der Waals surface area contributed by atoms with Gasteiger partial charge in [0.05, 0.1) is 0 Å². The number of rotatable bonds is 7. The molecule has 0 heterocycles. The first-order valence-electron chi connectivity index (χ1n) is 9.17. The zero-order chi connectivity index (χ0) is 17.8. The van der Waals surface area contributed by atoms with Gasteiger partial charge < -0.3 is 15.2 Å². The molecule has 0 aromatic heterocycles. The van der Waals surface area contributed by atoms with Crippen LogP contribution in [-0.2, 0) is 9.53 Å². The van der Waals surface area contributed by atoms with Gasteiger partial charge in [-0.3, -0.25) is 0 Å². The van der Waals surface area contributed by atoms with Crippen molar-refractivity contribution >= 4 is 12.1 Å². The molecule has 0 spiro atoms. The van der Waals surface area contributed by atoms with E-state index in [0.717, 1.165) is 57.8 Å². The monoisotopic (exact) mass is 337 g/mol. The van der Waals surface area contributed by atoms with Gasteiger partial charge in [0.1, 0.15) is 11.1 Å². The Bertz CT molecular complexity index is 486. The highest BCUT2D eigenvalue weighted by molar-refractivity contribution is 5.84. The van der Waals surface area contributed by atoms with Gasteiger partial charge >= 0.3 is 12.1 Å². The summed E-state index contributed by atoms with van der Waals surface area (Å²) in [6.07, 6.45) is 9.75. The normalized spacial score (nSPS) is 29.8. The molecule has 2 aliphatic carbocycles. The maximum Gasteiger partial charge on any atom is 0.408 e. The van der Waals surface area contributed by atoms with E-state index in [9.17, 15) is 14.7 Å². The summed E-state index contributed by atoms with van der Waals surface area (Å²) < 4.78 is 5.77. The SMILES string of the molecule is C=CCC[C@H]1CCC[C@]1(C)OC(=O)N[C@](C)(C(=O)O)C1CCCC1. The number of hydrogen-bond acceptors (Lipinski definition) is 3. The Labute approximate surface area is 144 Å². The summed E-state index contributed by atoms with van der Waals surface area (Å²) in [6.45, 7) is 7.34. The average molecular weight is 337 g/mol. The standard InChI is InChI=1S/C19H31NO4/c1-4-5-9-14-12-8-13-18(14,2)24-17(23)20-19(3,16(21)22)15-10-6-7-11-15/h4,14-15H,1,5-13H2,2-3H3,(H,20,23)(H,21,22)/t14-,18-,19-/m0/s1. The smallest absolute Gasteiger partial charge is 0.408 e. The molecule has 0 saturated heterocycles. The molecule has 0 aromatic rings. The Morgan fingerprint density at radius 1 is 1.33 bits per heavy atom. The molecular formula is C19H31NO4. The van der Waals surface area contributed by atoms with Crippen LogP contribution in [0.4, 0.5) is 4.79 Å². The van der Waals surface area contributed by atoms with Crippen LogP contribution in [0.15, 0.2) is 12.7 Å². The number of allylic oxidation sites excluding steroid dienone is 1. The Balaban J connectivity index is 2.02. The summed E-state index contributed by atoms with van der Waals surface area (Å²) in [4.78, 5) is 24.3. The highest BCUT2D eigenvalue weighted by Gasteiger charge is 2.47. The molecule has 24 heavy (non-hydrogen) atoms. The largest absolute Gasteiger partial charge is 0.480 e. The molecule has 136 valence electrons. The van der Waals surface area contributed by atoms with Crippen molar-refractivity contribution in [3.8, 4) is 0 Å². The van der Waals surface area contributed by atoms with E-state index in [1.54, 1.807) is 6.92 Å². The molecule has 3 atom stereocenters. The summed E-state index contributed by atoms with van der Waals surface area (Å²) >= 11 is 0. The Kier molecular flexibility index (Phi) is 5.94. The van der Waals surface area contributed by atoms with Crippen molar-refractivity contribution in [3.63, 3.8) is 0 Å². The van der Waals surface area contributed by atoms with Gasteiger partial charge in [0, 0.05) is 0 Å². The maximum absolute atomic E-state index is 12.5. The van der Waals surface area contributed by atoms with Crippen molar-refractivity contribution in [2.24, 2.45) is 11.8 Å². The summed E-state index contributed by atoms with van der Waals surface area (Å²) in [5, 5.41) is 12.3. The Hall–Kier alpha value is -1.52. The molecule has 2 rings (SSSR count). The van der Waals surface area contributed by atoms with Crippen molar-refractivity contribution in [2.75, 3.05) is 0 Å². The van der Waals surface area contributed by atoms with Crippen LogP contribution in [0.2, 0.25) is 0 Å². The van der Waals surface area contributed by atoms with E-state index in [-0.39, 0.29) is 5.92 Å². The van der Waals surface area contributed by atoms with Crippen LogP contribution in [0, 0.1) is 11.8 Å². The molecule has 0 aliphatic heterocycles. The molecule has 2 aliphatic rings. The van der Waals surface area contributed by atoms with Crippen molar-refractivity contribution in [3.05, 3.63) is 12.7 Å². The van der Waals surface area contributed by atoms with Gasteiger partial charge in [0.15, 0.2) is 0 Å². The van der Waals surface area contributed by atoms with Crippen LogP contribution in [-0.4, -0.2) is 28.3 Å². The van der Waals surface area contributed by atoms with E-state index in [4.69, 9.17) is 4.74 Å². The lowest BCUT2D eigenvalue weighted by molar-refractivity contribution is -0.146. The molecule has 1 amide bonds.